The molecule has 3 N–H and O–H groups in total. The summed E-state index contributed by atoms with van der Waals surface area (Å²) < 4.78 is 17.2. The van der Waals surface area contributed by atoms with E-state index in [1.807, 2.05) is 0 Å². The fraction of sp³-hybridized carbons (Fsp3) is 0.125. The molecule has 9 nitrogen and oxygen atoms in total. The minimum absolute atomic E-state index is 0.0498. The zero-order valence-corrected chi connectivity index (χ0v) is 19.3. The van der Waals surface area contributed by atoms with Crippen LogP contribution in [0.4, 0.5) is 0 Å². The van der Waals surface area contributed by atoms with Gasteiger partial charge < -0.3 is 10.2 Å². The average molecular weight is 620 g/mol. The second-order valence-electron chi connectivity index (χ2n) is 4.64. The number of carboxylic acids is 1. The Labute approximate surface area is 174 Å². The Bertz CT molecular complexity index is 835. The van der Waals surface area contributed by atoms with E-state index in [4.69, 9.17) is 26.0 Å². The molecule has 142 valence electrons. The summed E-state index contributed by atoms with van der Waals surface area (Å²) >= 11 is 3.35. The molecule has 1 amide bonds. The van der Waals surface area contributed by atoms with Crippen LogP contribution in [0.1, 0.15) is 29.8 Å². The molecule has 0 saturated carbocycles. The van der Waals surface area contributed by atoms with Crippen molar-refractivity contribution in [3.05, 3.63) is 58.9 Å². The Morgan fingerprint density at radius 2 is 1.67 bits per heavy atom. The van der Waals surface area contributed by atoms with Gasteiger partial charge in [0.1, 0.15) is 5.75 Å². The molecule has 27 heavy (non-hydrogen) atoms. The van der Waals surface area contributed by atoms with E-state index in [0.29, 0.717) is 21.9 Å². The van der Waals surface area contributed by atoms with E-state index in [1.54, 1.807) is 31.2 Å². The first-order valence-corrected chi connectivity index (χ1v) is 10.9. The first kappa shape index (κ1) is 24.7. The number of halogens is 1. The van der Waals surface area contributed by atoms with Crippen molar-refractivity contribution in [1.82, 2.24) is 10.4 Å². The molecule has 1 heterocycles. The summed E-state index contributed by atoms with van der Waals surface area (Å²) in [5.74, 6) is -1.14. The number of carboxylic acid groups (broad SMARTS) is 1. The third-order valence-corrected chi connectivity index (χ3v) is 2.85. The van der Waals surface area contributed by atoms with Crippen LogP contribution in [0.15, 0.2) is 47.8 Å². The Morgan fingerprint density at radius 1 is 1.15 bits per heavy atom. The Hall–Kier alpha value is -2.28. The van der Waals surface area contributed by atoms with Crippen LogP contribution >= 0.6 is 11.6 Å². The van der Waals surface area contributed by atoms with E-state index in [-0.39, 0.29) is 11.7 Å². The number of hydrogen-bond acceptors (Lipinski definition) is 7. The van der Waals surface area contributed by atoms with Crippen molar-refractivity contribution < 1.29 is 52.1 Å². The van der Waals surface area contributed by atoms with Gasteiger partial charge in [0.25, 0.3) is 11.9 Å². The second-order valence-corrected chi connectivity index (χ2v) is 5.77. The molecule has 1 aromatic carbocycles. The van der Waals surface area contributed by atoms with Crippen molar-refractivity contribution >= 4 is 29.2 Å². The van der Waals surface area contributed by atoms with Crippen LogP contribution < -0.4 is 5.43 Å². The van der Waals surface area contributed by atoms with Crippen molar-refractivity contribution in [2.45, 2.75) is 13.8 Å². The van der Waals surface area contributed by atoms with E-state index in [1.165, 1.54) is 18.5 Å². The molecule has 1 aromatic heterocycles. The number of aromatic nitrogens is 1. The number of carbonyl (C=O) groups is 2. The molecule has 11 heteroatoms. The quantitative estimate of drug-likeness (QED) is 0.353. The number of phenols is 1. The fourth-order valence-corrected chi connectivity index (χ4v) is 1.73. The number of aromatic hydroxyl groups is 1. The number of hydrazone groups is 1. The van der Waals surface area contributed by atoms with Gasteiger partial charge in [0.15, 0.2) is 0 Å². The summed E-state index contributed by atoms with van der Waals surface area (Å²) in [7, 11) is 0. The molecule has 0 atom stereocenters. The van der Waals surface area contributed by atoms with Crippen molar-refractivity contribution in [2.24, 2.45) is 5.10 Å². The number of phenolic OH excluding ortho intramolecular Hbond substituents is 1. The normalized spacial score (nSPS) is 9.52. The van der Waals surface area contributed by atoms with Gasteiger partial charge in [-0.15, -0.1) is 0 Å². The van der Waals surface area contributed by atoms with Crippen LogP contribution in [0.3, 0.4) is 0 Å². The molecule has 0 unspecified atom stereocenters. The molecule has 0 saturated heterocycles. The molecule has 0 aliphatic rings. The molecular formula is C16H16ClN3O6U. The average Bonchev–Trinajstić information content (AvgIpc) is 2.62. The van der Waals surface area contributed by atoms with Crippen LogP contribution in [-0.4, -0.2) is 32.8 Å². The van der Waals surface area contributed by atoms with Crippen LogP contribution in [0.2, 0.25) is 5.02 Å². The van der Waals surface area contributed by atoms with Gasteiger partial charge in [-0.25, -0.2) is 5.43 Å². The Balaban J connectivity index is 0.000000836. The van der Waals surface area contributed by atoms with Crippen molar-refractivity contribution in [3.8, 4) is 5.75 Å². The topological polar surface area (TPSA) is 146 Å². The second kappa shape index (κ2) is 13.9. The Morgan fingerprint density at radius 3 is 2.19 bits per heavy atom. The van der Waals surface area contributed by atoms with Crippen LogP contribution in [0.25, 0.3) is 0 Å². The summed E-state index contributed by atoms with van der Waals surface area (Å²) in [6.45, 7) is 2.75. The third-order valence-electron chi connectivity index (χ3n) is 2.62. The molecule has 0 spiro atoms. The first-order valence-electron chi connectivity index (χ1n) is 7.15. The van der Waals surface area contributed by atoms with Gasteiger partial charge in [-0.2, -0.15) is 5.10 Å². The van der Waals surface area contributed by atoms with E-state index >= 15 is 0 Å². The van der Waals surface area contributed by atoms with Crippen molar-refractivity contribution in [3.63, 3.8) is 0 Å². The monoisotopic (exact) mass is 619 g/mol. The van der Waals surface area contributed by atoms with Crippen LogP contribution in [0.5, 0.6) is 5.75 Å². The van der Waals surface area contributed by atoms with Gasteiger partial charge in [-0.05, 0) is 37.3 Å². The van der Waals surface area contributed by atoms with Crippen LogP contribution in [0, 0.1) is 27.8 Å². The number of nitrogens with zero attached hydrogens (tertiary/aromatic N) is 2. The SMILES string of the molecule is C/C(=N\NC(=O)c1ccncc1)c1cc(Cl)ccc1O.CC(=O)O.[O]=[U]=[O]. The first-order chi connectivity index (χ1) is 12.7. The van der Waals surface area contributed by atoms with Gasteiger partial charge in [-0.1, -0.05) is 11.6 Å². The fourth-order valence-electron chi connectivity index (χ4n) is 1.56. The van der Waals surface area contributed by atoms with Gasteiger partial charge >= 0.3 is 32.3 Å². The number of aliphatic carboxylic acids is 1. The number of hydrogen-bond donors (Lipinski definition) is 3. The molecule has 0 fully saturated rings. The molecular weight excluding hydrogens is 604 g/mol. The molecule has 2 rings (SSSR count). The number of rotatable bonds is 3. The van der Waals surface area contributed by atoms with E-state index in [9.17, 15) is 9.90 Å². The zero-order chi connectivity index (χ0) is 20.8. The number of pyridine rings is 1. The standard InChI is InChI=1S/C14H12ClN3O2.C2H4O2.2O.U/c1-9(12-8-11(15)2-3-13(12)19)17-18-14(20)10-4-6-16-7-5-10;1-2(3)4;;;/h2-8,19H,1H3,(H,18,20);1H3,(H,3,4);;;/b17-9+;;;;. The van der Waals surface area contributed by atoms with E-state index < -0.39 is 33.8 Å². The van der Waals surface area contributed by atoms with Gasteiger partial charge in [0, 0.05) is 35.5 Å². The maximum atomic E-state index is 11.8. The summed E-state index contributed by atoms with van der Waals surface area (Å²) in [5, 5.41) is 21.6. The van der Waals surface area contributed by atoms with E-state index in [0.717, 1.165) is 6.92 Å². The predicted molar refractivity (Wildman–Crippen MR) is 91.7 cm³/mol. The van der Waals surface area contributed by atoms with Crippen molar-refractivity contribution in [1.29, 1.82) is 0 Å². The van der Waals surface area contributed by atoms with Gasteiger partial charge in [0.2, 0.25) is 0 Å². The summed E-state index contributed by atoms with van der Waals surface area (Å²) in [6, 6.07) is 7.78. The predicted octanol–water partition coefficient (Wildman–Crippen LogP) is 2.45. The molecule has 0 aliphatic heterocycles. The molecule has 0 aliphatic carbocycles. The minimum atomic E-state index is -2.51. The zero-order valence-electron chi connectivity index (χ0n) is 14.3. The van der Waals surface area contributed by atoms with Gasteiger partial charge in [-0.3, -0.25) is 14.6 Å². The van der Waals surface area contributed by atoms with Crippen molar-refractivity contribution in [2.75, 3.05) is 0 Å². The molecule has 0 radical (unpaired) electrons. The summed E-state index contributed by atoms with van der Waals surface area (Å²) in [4.78, 5) is 24.6. The summed E-state index contributed by atoms with van der Waals surface area (Å²) in [5.41, 5.74) is 3.78. The van der Waals surface area contributed by atoms with Gasteiger partial charge in [0.05, 0.1) is 5.71 Å². The number of nitrogens with one attached hydrogen (secondary N) is 1. The number of carbonyl (C=O) groups excluding carboxylic acids is 1. The number of benzene rings is 1. The molecule has 2 aromatic rings. The van der Waals surface area contributed by atoms with Crippen LogP contribution in [-0.2, 0) is 9.27 Å². The molecule has 0 bridgehead atoms. The maximum absolute atomic E-state index is 11.8. The van der Waals surface area contributed by atoms with E-state index in [2.05, 4.69) is 15.5 Å². The summed E-state index contributed by atoms with van der Waals surface area (Å²) in [6.07, 6.45) is 3.04. The third kappa shape index (κ3) is 11.1. The number of amides is 1. The Kier molecular flexibility index (Phi) is 12.7.